The molecule has 250 valence electrons. The van der Waals surface area contributed by atoms with Crippen LogP contribution in [0.25, 0.3) is 10.9 Å². The lowest BCUT2D eigenvalue weighted by Gasteiger charge is -2.57. The smallest absolute Gasteiger partial charge is 0.328 e. The molecule has 1 aliphatic carbocycles. The Balaban J connectivity index is 0.886. The van der Waals surface area contributed by atoms with Gasteiger partial charge in [0.05, 0.1) is 23.6 Å². The van der Waals surface area contributed by atoms with Crippen LogP contribution in [-0.4, -0.2) is 87.8 Å². The number of anilines is 2. The van der Waals surface area contributed by atoms with Crippen LogP contribution in [0.15, 0.2) is 36.8 Å². The highest BCUT2D eigenvalue weighted by Gasteiger charge is 2.53. The van der Waals surface area contributed by atoms with Gasteiger partial charge in [0, 0.05) is 69.4 Å². The van der Waals surface area contributed by atoms with E-state index in [1.807, 2.05) is 18.3 Å². The first-order valence-corrected chi connectivity index (χ1v) is 17.2. The number of likely N-dealkylation sites (tertiary alicyclic amines) is 1. The van der Waals surface area contributed by atoms with E-state index in [-0.39, 0.29) is 34.7 Å². The highest BCUT2D eigenvalue weighted by molar-refractivity contribution is 6.09. The minimum absolute atomic E-state index is 0.0892. The van der Waals surface area contributed by atoms with Gasteiger partial charge in [-0.15, -0.1) is 10.2 Å². The molecule has 3 aromatic rings. The highest BCUT2D eigenvalue weighted by Crippen LogP contribution is 2.53. The van der Waals surface area contributed by atoms with Crippen molar-refractivity contribution in [2.45, 2.75) is 78.3 Å². The number of rotatable bonds is 7. The van der Waals surface area contributed by atoms with Gasteiger partial charge in [0.1, 0.15) is 0 Å². The lowest BCUT2D eigenvalue weighted by molar-refractivity contribution is -0.120. The first kappa shape index (κ1) is 31.5. The van der Waals surface area contributed by atoms with Gasteiger partial charge in [-0.2, -0.15) is 0 Å². The molecular formula is C35H47N9O3. The maximum atomic E-state index is 12.9. The normalized spacial score (nSPS) is 22.7. The van der Waals surface area contributed by atoms with E-state index in [4.69, 9.17) is 0 Å². The van der Waals surface area contributed by atoms with Crippen molar-refractivity contribution in [3.63, 3.8) is 0 Å². The van der Waals surface area contributed by atoms with Crippen molar-refractivity contribution in [1.29, 1.82) is 0 Å². The predicted molar refractivity (Wildman–Crippen MR) is 180 cm³/mol. The Morgan fingerprint density at radius 3 is 2.34 bits per heavy atom. The molecule has 4 amide bonds. The molecule has 0 aromatic carbocycles. The molecule has 0 atom stereocenters. The van der Waals surface area contributed by atoms with Crippen LogP contribution in [0.3, 0.4) is 0 Å². The van der Waals surface area contributed by atoms with Crippen LogP contribution in [0.5, 0.6) is 0 Å². The molecule has 0 bridgehead atoms. The van der Waals surface area contributed by atoms with Gasteiger partial charge in [-0.05, 0) is 67.1 Å². The lowest BCUT2D eigenvalue weighted by atomic mass is 9.52. The van der Waals surface area contributed by atoms with Crippen molar-refractivity contribution in [2.75, 3.05) is 49.1 Å². The summed E-state index contributed by atoms with van der Waals surface area (Å²) in [5.74, 6) is 1.11. The molecule has 7 rings (SSSR count). The minimum atomic E-state index is -0.384. The van der Waals surface area contributed by atoms with Crippen LogP contribution in [-0.2, 0) is 4.79 Å². The van der Waals surface area contributed by atoms with E-state index in [0.717, 1.165) is 87.2 Å². The van der Waals surface area contributed by atoms with Crippen LogP contribution < -0.4 is 20.4 Å². The first-order valence-electron chi connectivity index (χ1n) is 17.2. The number of carbonyl (C=O) groups is 3. The third-order valence-electron chi connectivity index (χ3n) is 11.0. The van der Waals surface area contributed by atoms with Crippen molar-refractivity contribution in [2.24, 2.45) is 16.7 Å². The number of nitrogens with zero attached hydrogens (tertiary/aromatic N) is 7. The number of hydrogen-bond acceptors (Lipinski definition) is 8. The Kier molecular flexibility index (Phi) is 8.18. The highest BCUT2D eigenvalue weighted by atomic mass is 16.2. The van der Waals surface area contributed by atoms with Crippen molar-refractivity contribution >= 4 is 40.3 Å². The van der Waals surface area contributed by atoms with Crippen molar-refractivity contribution in [1.82, 2.24) is 35.3 Å². The minimum Gasteiger partial charge on any atom is -0.355 e. The quantitative estimate of drug-likeness (QED) is 0.389. The largest absolute Gasteiger partial charge is 0.355 e. The Morgan fingerprint density at radius 2 is 1.68 bits per heavy atom. The summed E-state index contributed by atoms with van der Waals surface area (Å²) in [5.41, 5.74) is 2.33. The zero-order valence-corrected chi connectivity index (χ0v) is 28.0. The number of carbonyl (C=O) groups excluding carboxylic acids is 3. The SMILES string of the molecule is CC1(C)CC(C)(C)C1NC(=O)c1ccc(N2CCC(CN3CCC(n4ccc5c(N6CCC(=O)NC6=O)cncc54)CC3)CC2)nn1. The van der Waals surface area contributed by atoms with E-state index in [0.29, 0.717) is 30.6 Å². The van der Waals surface area contributed by atoms with E-state index < -0.39 is 0 Å². The number of piperidine rings is 2. The molecule has 0 radical (unpaired) electrons. The molecule has 2 N–H and O–H groups in total. The number of fused-ring (bicyclic) bond motifs is 1. The van der Waals surface area contributed by atoms with Crippen LogP contribution in [0.4, 0.5) is 16.3 Å². The second-order valence-corrected chi connectivity index (χ2v) is 15.4. The zero-order chi connectivity index (χ0) is 32.9. The summed E-state index contributed by atoms with van der Waals surface area (Å²) in [6.45, 7) is 14.3. The molecule has 3 aromatic heterocycles. The van der Waals surface area contributed by atoms with E-state index in [1.165, 1.54) is 0 Å². The van der Waals surface area contributed by atoms with Gasteiger partial charge in [-0.1, -0.05) is 27.7 Å². The molecule has 0 spiro atoms. The van der Waals surface area contributed by atoms with E-state index >= 15 is 0 Å². The van der Waals surface area contributed by atoms with E-state index in [1.54, 1.807) is 11.1 Å². The molecule has 6 heterocycles. The fourth-order valence-corrected chi connectivity index (χ4v) is 8.99. The standard InChI is InChI=1S/C35H47N9O3/c1-34(2)22-35(3,4)32(34)38-31(46)26-5-6-29(40-39-26)42-15-7-23(8-16-42)21-41-13-9-24(10-14-41)43-17-11-25-27(43)19-36-20-28(25)44-18-12-30(45)37-33(44)47/h5-6,11,17,19-20,23-24,32H,7-10,12-16,18,21-22H2,1-4H3,(H,38,46)(H,37,45,47). The molecule has 0 unspecified atom stereocenters. The number of aromatic nitrogens is 4. The van der Waals surface area contributed by atoms with Gasteiger partial charge < -0.3 is 19.7 Å². The molecule has 12 nitrogen and oxygen atoms in total. The van der Waals surface area contributed by atoms with Gasteiger partial charge in [-0.25, -0.2) is 4.79 Å². The maximum absolute atomic E-state index is 12.9. The third-order valence-corrected chi connectivity index (χ3v) is 11.0. The molecule has 4 fully saturated rings. The summed E-state index contributed by atoms with van der Waals surface area (Å²) >= 11 is 0. The molecule has 47 heavy (non-hydrogen) atoms. The number of urea groups is 1. The molecular weight excluding hydrogens is 594 g/mol. The van der Waals surface area contributed by atoms with Gasteiger partial charge in [0.15, 0.2) is 11.5 Å². The molecule has 1 saturated carbocycles. The summed E-state index contributed by atoms with van der Waals surface area (Å²) in [6, 6.07) is 5.94. The van der Waals surface area contributed by atoms with Crippen LogP contribution >= 0.6 is 0 Å². The van der Waals surface area contributed by atoms with Crippen LogP contribution in [0.2, 0.25) is 0 Å². The average molecular weight is 642 g/mol. The number of pyridine rings is 1. The van der Waals surface area contributed by atoms with Gasteiger partial charge in [-0.3, -0.25) is 24.8 Å². The number of amides is 4. The summed E-state index contributed by atoms with van der Waals surface area (Å²) in [4.78, 5) is 48.0. The molecule has 12 heteroatoms. The summed E-state index contributed by atoms with van der Waals surface area (Å²) in [6.07, 6.45) is 11.5. The molecule has 4 aliphatic rings. The van der Waals surface area contributed by atoms with Gasteiger partial charge >= 0.3 is 6.03 Å². The fraction of sp³-hybridized carbons (Fsp3) is 0.600. The second-order valence-electron chi connectivity index (χ2n) is 15.4. The average Bonchev–Trinajstić information content (AvgIpc) is 3.49. The van der Waals surface area contributed by atoms with E-state index in [2.05, 4.69) is 80.1 Å². The topological polar surface area (TPSA) is 129 Å². The summed E-state index contributed by atoms with van der Waals surface area (Å²) < 4.78 is 2.32. The second kappa shape index (κ2) is 12.2. The molecule has 3 saturated heterocycles. The Hall–Kier alpha value is -4.06. The Labute approximate surface area is 276 Å². The summed E-state index contributed by atoms with van der Waals surface area (Å²) in [5, 5.41) is 15.4. The summed E-state index contributed by atoms with van der Waals surface area (Å²) in [7, 11) is 0. The van der Waals surface area contributed by atoms with Crippen LogP contribution in [0, 0.1) is 16.7 Å². The van der Waals surface area contributed by atoms with Crippen molar-refractivity contribution in [3.05, 3.63) is 42.5 Å². The number of hydrogen-bond donors (Lipinski definition) is 2. The fourth-order valence-electron chi connectivity index (χ4n) is 8.99. The Bertz CT molecular complexity index is 1640. The van der Waals surface area contributed by atoms with Gasteiger partial charge in [0.25, 0.3) is 5.91 Å². The van der Waals surface area contributed by atoms with Crippen molar-refractivity contribution in [3.8, 4) is 0 Å². The zero-order valence-electron chi connectivity index (χ0n) is 28.0. The number of imide groups is 1. The predicted octanol–water partition coefficient (Wildman–Crippen LogP) is 4.38. The van der Waals surface area contributed by atoms with Crippen LogP contribution in [0.1, 0.15) is 82.8 Å². The lowest BCUT2D eigenvalue weighted by Crippen LogP contribution is -2.63. The monoisotopic (exact) mass is 641 g/mol. The van der Waals surface area contributed by atoms with E-state index in [9.17, 15) is 14.4 Å². The van der Waals surface area contributed by atoms with Gasteiger partial charge in [0.2, 0.25) is 5.91 Å². The first-order chi connectivity index (χ1) is 22.5. The van der Waals surface area contributed by atoms with Crippen molar-refractivity contribution < 1.29 is 14.4 Å². The Morgan fingerprint density at radius 1 is 0.936 bits per heavy atom. The maximum Gasteiger partial charge on any atom is 0.328 e. The molecule has 3 aliphatic heterocycles. The third kappa shape index (κ3) is 6.19. The number of nitrogens with one attached hydrogen (secondary N) is 2.